The Bertz CT molecular complexity index is 605. The lowest BCUT2D eigenvalue weighted by molar-refractivity contribution is 0.0496. The van der Waals surface area contributed by atoms with Crippen molar-refractivity contribution in [3.8, 4) is 0 Å². The number of fused-ring (bicyclic) bond motifs is 1. The van der Waals surface area contributed by atoms with Crippen LogP contribution in [0.25, 0.3) is 10.8 Å². The van der Waals surface area contributed by atoms with Crippen LogP contribution in [-0.4, -0.2) is 12.6 Å². The molecule has 0 radical (unpaired) electrons. The van der Waals surface area contributed by atoms with Crippen LogP contribution in [0.3, 0.4) is 0 Å². The van der Waals surface area contributed by atoms with Crippen LogP contribution in [-0.2, 0) is 4.74 Å². The molecule has 2 aromatic rings. The number of hydrogen-bond donors (Lipinski definition) is 1. The van der Waals surface area contributed by atoms with Crippen LogP contribution in [0, 0.1) is 5.92 Å². The number of benzene rings is 2. The fraction of sp³-hybridized carbons (Fsp3) is 0.353. The van der Waals surface area contributed by atoms with Gasteiger partial charge in [0.15, 0.2) is 0 Å². The molecule has 0 aliphatic carbocycles. The summed E-state index contributed by atoms with van der Waals surface area (Å²) in [6.07, 6.45) is 1.94. The van der Waals surface area contributed by atoms with E-state index in [4.69, 9.17) is 10.5 Å². The van der Waals surface area contributed by atoms with Crippen molar-refractivity contribution < 1.29 is 9.53 Å². The third kappa shape index (κ3) is 3.50. The second-order valence-corrected chi connectivity index (χ2v) is 5.46. The van der Waals surface area contributed by atoms with Crippen molar-refractivity contribution in [2.45, 2.75) is 26.7 Å². The second-order valence-electron chi connectivity index (χ2n) is 5.46. The minimum absolute atomic E-state index is 0.336. The van der Waals surface area contributed by atoms with Gasteiger partial charge in [0.1, 0.15) is 0 Å². The predicted molar refractivity (Wildman–Crippen MR) is 82.7 cm³/mol. The van der Waals surface area contributed by atoms with Gasteiger partial charge < -0.3 is 10.5 Å². The first-order valence-electron chi connectivity index (χ1n) is 7.03. The minimum atomic E-state index is -0.336. The van der Waals surface area contributed by atoms with E-state index in [9.17, 15) is 4.79 Å². The molecule has 0 bridgehead atoms. The van der Waals surface area contributed by atoms with Gasteiger partial charge in [-0.3, -0.25) is 0 Å². The average Bonchev–Trinajstić information content (AvgIpc) is 2.42. The second kappa shape index (κ2) is 6.42. The Labute approximate surface area is 119 Å². The first kappa shape index (κ1) is 14.4. The molecule has 20 heavy (non-hydrogen) atoms. The maximum Gasteiger partial charge on any atom is 0.340 e. The molecule has 0 spiro atoms. The summed E-state index contributed by atoms with van der Waals surface area (Å²) < 4.78 is 5.29. The summed E-state index contributed by atoms with van der Waals surface area (Å²) in [6.45, 7) is 4.76. The first-order valence-corrected chi connectivity index (χ1v) is 7.03. The lowest BCUT2D eigenvalue weighted by Crippen LogP contribution is -2.09. The Kier molecular flexibility index (Phi) is 4.61. The van der Waals surface area contributed by atoms with E-state index in [1.807, 2.05) is 30.3 Å². The van der Waals surface area contributed by atoms with Crippen molar-refractivity contribution in [3.05, 3.63) is 42.0 Å². The molecule has 0 heterocycles. The zero-order chi connectivity index (χ0) is 14.5. The molecule has 106 valence electrons. The standard InChI is InChI=1S/C17H21NO2/c1-12(2)6-5-9-20-17(19)15-10-13-7-3-4-8-14(13)11-16(15)18/h3-4,7-8,10-12H,5-6,9,18H2,1-2H3. The molecular weight excluding hydrogens is 250 g/mol. The monoisotopic (exact) mass is 271 g/mol. The molecule has 0 aliphatic heterocycles. The zero-order valence-electron chi connectivity index (χ0n) is 12.1. The average molecular weight is 271 g/mol. The fourth-order valence-corrected chi connectivity index (χ4v) is 2.17. The van der Waals surface area contributed by atoms with Gasteiger partial charge in [-0.25, -0.2) is 4.79 Å². The molecule has 2 aromatic carbocycles. The summed E-state index contributed by atoms with van der Waals surface area (Å²) in [5.74, 6) is 0.288. The molecule has 2 N–H and O–H groups in total. The molecule has 3 nitrogen and oxygen atoms in total. The van der Waals surface area contributed by atoms with E-state index in [1.165, 1.54) is 0 Å². The van der Waals surface area contributed by atoms with Gasteiger partial charge >= 0.3 is 5.97 Å². The SMILES string of the molecule is CC(C)CCCOC(=O)c1cc2ccccc2cc1N. The number of rotatable bonds is 5. The van der Waals surface area contributed by atoms with Gasteiger partial charge in [-0.2, -0.15) is 0 Å². The Hall–Kier alpha value is -2.03. The van der Waals surface area contributed by atoms with Gasteiger partial charge in [0, 0.05) is 5.69 Å². The Morgan fingerprint density at radius 2 is 1.85 bits per heavy atom. The highest BCUT2D eigenvalue weighted by Crippen LogP contribution is 2.22. The number of hydrogen-bond acceptors (Lipinski definition) is 3. The summed E-state index contributed by atoms with van der Waals surface area (Å²) in [7, 11) is 0. The lowest BCUT2D eigenvalue weighted by Gasteiger charge is -2.09. The van der Waals surface area contributed by atoms with Gasteiger partial charge in [-0.05, 0) is 41.7 Å². The number of nitrogen functional groups attached to an aromatic ring is 1. The predicted octanol–water partition coefficient (Wildman–Crippen LogP) is 4.02. The molecule has 3 heteroatoms. The van der Waals surface area contributed by atoms with Crippen LogP contribution < -0.4 is 5.73 Å². The first-order chi connectivity index (χ1) is 9.58. The van der Waals surface area contributed by atoms with Crippen LogP contribution in [0.1, 0.15) is 37.0 Å². The van der Waals surface area contributed by atoms with E-state index in [0.29, 0.717) is 23.8 Å². The van der Waals surface area contributed by atoms with Gasteiger partial charge in [-0.15, -0.1) is 0 Å². The van der Waals surface area contributed by atoms with E-state index >= 15 is 0 Å². The van der Waals surface area contributed by atoms with Crippen molar-refractivity contribution in [3.63, 3.8) is 0 Å². The maximum atomic E-state index is 12.1. The van der Waals surface area contributed by atoms with Gasteiger partial charge in [0.2, 0.25) is 0 Å². The Morgan fingerprint density at radius 1 is 1.20 bits per heavy atom. The molecule has 2 rings (SSSR count). The maximum absolute atomic E-state index is 12.1. The number of nitrogens with two attached hydrogens (primary N) is 1. The van der Waals surface area contributed by atoms with E-state index in [-0.39, 0.29) is 5.97 Å². The van der Waals surface area contributed by atoms with Crippen LogP contribution >= 0.6 is 0 Å². The topological polar surface area (TPSA) is 52.3 Å². The summed E-state index contributed by atoms with van der Waals surface area (Å²) in [4.78, 5) is 12.1. The lowest BCUT2D eigenvalue weighted by atomic mass is 10.1. The molecule has 0 saturated heterocycles. The smallest absolute Gasteiger partial charge is 0.340 e. The van der Waals surface area contributed by atoms with Crippen LogP contribution in [0.5, 0.6) is 0 Å². The highest BCUT2D eigenvalue weighted by molar-refractivity contribution is 6.01. The van der Waals surface area contributed by atoms with Crippen molar-refractivity contribution in [2.24, 2.45) is 5.92 Å². The van der Waals surface area contributed by atoms with E-state index < -0.39 is 0 Å². The van der Waals surface area contributed by atoms with E-state index in [1.54, 1.807) is 6.07 Å². The summed E-state index contributed by atoms with van der Waals surface area (Å²) >= 11 is 0. The van der Waals surface area contributed by atoms with Gasteiger partial charge in [0.05, 0.1) is 12.2 Å². The molecule has 0 saturated carbocycles. The number of esters is 1. The molecule has 0 amide bonds. The van der Waals surface area contributed by atoms with Crippen molar-refractivity contribution in [1.29, 1.82) is 0 Å². The third-order valence-electron chi connectivity index (χ3n) is 3.30. The summed E-state index contributed by atoms with van der Waals surface area (Å²) in [5.41, 5.74) is 6.86. The van der Waals surface area contributed by atoms with Crippen LogP contribution in [0.2, 0.25) is 0 Å². The zero-order valence-corrected chi connectivity index (χ0v) is 12.1. The molecule has 0 atom stereocenters. The van der Waals surface area contributed by atoms with Crippen molar-refractivity contribution in [1.82, 2.24) is 0 Å². The van der Waals surface area contributed by atoms with Gasteiger partial charge in [-0.1, -0.05) is 38.1 Å². The number of ether oxygens (including phenoxy) is 1. The summed E-state index contributed by atoms with van der Waals surface area (Å²) in [6, 6.07) is 11.4. The summed E-state index contributed by atoms with van der Waals surface area (Å²) in [5, 5.41) is 2.03. The molecule has 0 aliphatic rings. The fourth-order valence-electron chi connectivity index (χ4n) is 2.17. The normalized spacial score (nSPS) is 10.9. The number of anilines is 1. The highest BCUT2D eigenvalue weighted by atomic mass is 16.5. The third-order valence-corrected chi connectivity index (χ3v) is 3.30. The molecule has 0 unspecified atom stereocenters. The van der Waals surface area contributed by atoms with E-state index in [0.717, 1.165) is 23.6 Å². The van der Waals surface area contributed by atoms with Gasteiger partial charge in [0.25, 0.3) is 0 Å². The minimum Gasteiger partial charge on any atom is -0.462 e. The Morgan fingerprint density at radius 3 is 2.50 bits per heavy atom. The number of carbonyl (C=O) groups is 1. The van der Waals surface area contributed by atoms with E-state index in [2.05, 4.69) is 13.8 Å². The number of carbonyl (C=O) groups excluding carboxylic acids is 1. The Balaban J connectivity index is 2.07. The quantitative estimate of drug-likeness (QED) is 0.507. The molecule has 0 aromatic heterocycles. The highest BCUT2D eigenvalue weighted by Gasteiger charge is 2.12. The van der Waals surface area contributed by atoms with Crippen LogP contribution in [0.15, 0.2) is 36.4 Å². The van der Waals surface area contributed by atoms with Crippen molar-refractivity contribution in [2.75, 3.05) is 12.3 Å². The van der Waals surface area contributed by atoms with Crippen LogP contribution in [0.4, 0.5) is 5.69 Å². The molecular formula is C17H21NO2. The van der Waals surface area contributed by atoms with Crippen molar-refractivity contribution >= 4 is 22.4 Å². The molecule has 0 fully saturated rings. The largest absolute Gasteiger partial charge is 0.462 e.